The number of hydrogen-bond donors (Lipinski definition) is 3. The Morgan fingerprint density at radius 1 is 1.38 bits per heavy atom. The van der Waals surface area contributed by atoms with Crippen molar-refractivity contribution in [1.82, 2.24) is 10.6 Å². The van der Waals surface area contributed by atoms with Crippen molar-refractivity contribution in [2.24, 2.45) is 0 Å². The molecule has 1 unspecified atom stereocenters. The van der Waals surface area contributed by atoms with Crippen LogP contribution in [0, 0.1) is 0 Å². The monoisotopic (exact) mass is 232 g/mol. The summed E-state index contributed by atoms with van der Waals surface area (Å²) in [5.41, 5.74) is 0. The fourth-order valence-corrected chi connectivity index (χ4v) is 1.07. The Labute approximate surface area is 95.4 Å². The zero-order chi connectivity index (χ0) is 12.4. The van der Waals surface area contributed by atoms with E-state index in [9.17, 15) is 9.59 Å². The molecule has 3 N–H and O–H groups in total. The fourth-order valence-electron chi connectivity index (χ4n) is 1.07. The summed E-state index contributed by atoms with van der Waals surface area (Å²) in [7, 11) is 0. The number of rotatable bonds is 8. The largest absolute Gasteiger partial charge is 0.480 e. The average Bonchev–Trinajstić information content (AvgIpc) is 2.25. The second-order valence-electron chi connectivity index (χ2n) is 3.25. The van der Waals surface area contributed by atoms with Crippen molar-refractivity contribution in [2.45, 2.75) is 32.7 Å². The first kappa shape index (κ1) is 14.7. The quantitative estimate of drug-likeness (QED) is 0.534. The lowest BCUT2D eigenvalue weighted by atomic mass is 10.2. The molecule has 1 atom stereocenters. The second-order valence-corrected chi connectivity index (χ2v) is 3.25. The summed E-state index contributed by atoms with van der Waals surface area (Å²) in [6.07, 6.45) is 1.08. The summed E-state index contributed by atoms with van der Waals surface area (Å²) in [6.45, 7) is 5.32. The fraction of sp³-hybridized carbons (Fsp3) is 0.800. The predicted molar refractivity (Wildman–Crippen MR) is 59.4 cm³/mol. The standard InChI is InChI=1S/C10H20N2O4/c1-3-8(9(13)14)12-10(15)11-6-5-7-16-4-2/h8H,3-7H2,1-2H3,(H,13,14)(H2,11,12,15). The van der Waals surface area contributed by atoms with E-state index in [2.05, 4.69) is 10.6 Å². The lowest BCUT2D eigenvalue weighted by Gasteiger charge is -2.12. The number of nitrogens with one attached hydrogen (secondary N) is 2. The number of carbonyl (C=O) groups excluding carboxylic acids is 1. The van der Waals surface area contributed by atoms with Gasteiger partial charge in [-0.25, -0.2) is 9.59 Å². The smallest absolute Gasteiger partial charge is 0.326 e. The lowest BCUT2D eigenvalue weighted by molar-refractivity contribution is -0.139. The summed E-state index contributed by atoms with van der Waals surface area (Å²) in [6, 6.07) is -1.28. The van der Waals surface area contributed by atoms with Crippen LogP contribution in [-0.4, -0.2) is 42.9 Å². The predicted octanol–water partition coefficient (Wildman–Crippen LogP) is 0.575. The van der Waals surface area contributed by atoms with Crippen LogP contribution in [0.25, 0.3) is 0 Å². The van der Waals surface area contributed by atoms with Crippen LogP contribution in [0.4, 0.5) is 4.79 Å². The molecule has 6 nitrogen and oxygen atoms in total. The minimum Gasteiger partial charge on any atom is -0.480 e. The molecule has 6 heteroatoms. The highest BCUT2D eigenvalue weighted by Crippen LogP contribution is 1.90. The molecule has 2 amide bonds. The summed E-state index contributed by atoms with van der Waals surface area (Å²) < 4.78 is 5.09. The first-order valence-corrected chi connectivity index (χ1v) is 5.46. The van der Waals surface area contributed by atoms with Crippen molar-refractivity contribution in [3.63, 3.8) is 0 Å². The summed E-state index contributed by atoms with van der Waals surface area (Å²) >= 11 is 0. The first-order chi connectivity index (χ1) is 7.61. The minimum absolute atomic E-state index is 0.363. The molecule has 0 aromatic heterocycles. The maximum absolute atomic E-state index is 11.2. The van der Waals surface area contributed by atoms with Gasteiger partial charge in [0, 0.05) is 19.8 Å². The van der Waals surface area contributed by atoms with Gasteiger partial charge in [0.25, 0.3) is 0 Å². The third kappa shape index (κ3) is 7.05. The highest BCUT2D eigenvalue weighted by molar-refractivity contribution is 5.82. The molecule has 0 aromatic rings. The molecule has 0 radical (unpaired) electrons. The van der Waals surface area contributed by atoms with Gasteiger partial charge in [-0.1, -0.05) is 6.92 Å². The number of urea groups is 1. The molecular formula is C10H20N2O4. The van der Waals surface area contributed by atoms with E-state index in [1.165, 1.54) is 0 Å². The number of ether oxygens (including phenoxy) is 1. The molecule has 0 bridgehead atoms. The Morgan fingerprint density at radius 3 is 2.56 bits per heavy atom. The third-order valence-corrected chi connectivity index (χ3v) is 1.97. The molecular weight excluding hydrogens is 212 g/mol. The van der Waals surface area contributed by atoms with Gasteiger partial charge in [-0.05, 0) is 19.8 Å². The van der Waals surface area contributed by atoms with E-state index in [-0.39, 0.29) is 0 Å². The molecule has 0 spiro atoms. The van der Waals surface area contributed by atoms with Gasteiger partial charge < -0.3 is 20.5 Å². The highest BCUT2D eigenvalue weighted by Gasteiger charge is 2.16. The Kier molecular flexibility index (Phi) is 8.24. The van der Waals surface area contributed by atoms with E-state index < -0.39 is 18.0 Å². The highest BCUT2D eigenvalue weighted by atomic mass is 16.5. The number of carboxylic acid groups (broad SMARTS) is 1. The van der Waals surface area contributed by atoms with Crippen molar-refractivity contribution in [3.05, 3.63) is 0 Å². The lowest BCUT2D eigenvalue weighted by Crippen LogP contribution is -2.45. The Balaban J connectivity index is 3.61. The summed E-state index contributed by atoms with van der Waals surface area (Å²) in [5, 5.41) is 13.6. The van der Waals surface area contributed by atoms with Crippen LogP contribution in [-0.2, 0) is 9.53 Å². The van der Waals surface area contributed by atoms with Crippen molar-refractivity contribution >= 4 is 12.0 Å². The van der Waals surface area contributed by atoms with Gasteiger partial charge in [-0.2, -0.15) is 0 Å². The van der Waals surface area contributed by atoms with Crippen LogP contribution >= 0.6 is 0 Å². The van der Waals surface area contributed by atoms with Crippen molar-refractivity contribution in [3.8, 4) is 0 Å². The molecule has 0 rings (SSSR count). The van der Waals surface area contributed by atoms with Crippen LogP contribution in [0.2, 0.25) is 0 Å². The van der Waals surface area contributed by atoms with E-state index in [4.69, 9.17) is 9.84 Å². The SMILES string of the molecule is CCOCCCNC(=O)NC(CC)C(=O)O. The molecule has 0 aromatic carbocycles. The average molecular weight is 232 g/mol. The number of carboxylic acids is 1. The third-order valence-electron chi connectivity index (χ3n) is 1.97. The summed E-state index contributed by atoms with van der Waals surface area (Å²) in [5.74, 6) is -1.02. The molecule has 16 heavy (non-hydrogen) atoms. The molecule has 0 saturated heterocycles. The van der Waals surface area contributed by atoms with E-state index >= 15 is 0 Å². The van der Waals surface area contributed by atoms with Gasteiger partial charge in [0.15, 0.2) is 0 Å². The van der Waals surface area contributed by atoms with E-state index in [1.54, 1.807) is 6.92 Å². The second kappa shape index (κ2) is 8.96. The van der Waals surface area contributed by atoms with E-state index in [0.29, 0.717) is 32.6 Å². The molecule has 94 valence electrons. The number of aliphatic carboxylic acids is 1. The van der Waals surface area contributed by atoms with Crippen LogP contribution in [0.1, 0.15) is 26.7 Å². The summed E-state index contributed by atoms with van der Waals surface area (Å²) in [4.78, 5) is 21.8. The van der Waals surface area contributed by atoms with Gasteiger partial charge in [0.1, 0.15) is 6.04 Å². The molecule has 0 fully saturated rings. The van der Waals surface area contributed by atoms with Gasteiger partial charge in [-0.3, -0.25) is 0 Å². The van der Waals surface area contributed by atoms with Gasteiger partial charge in [-0.15, -0.1) is 0 Å². The topological polar surface area (TPSA) is 87.7 Å². The van der Waals surface area contributed by atoms with Crippen molar-refractivity contribution in [1.29, 1.82) is 0 Å². The molecule has 0 aliphatic carbocycles. The number of amides is 2. The molecule has 0 aliphatic rings. The van der Waals surface area contributed by atoms with Crippen molar-refractivity contribution < 1.29 is 19.4 Å². The molecule has 0 heterocycles. The van der Waals surface area contributed by atoms with Crippen LogP contribution in [0.5, 0.6) is 0 Å². The molecule has 0 saturated carbocycles. The van der Waals surface area contributed by atoms with Crippen molar-refractivity contribution in [2.75, 3.05) is 19.8 Å². The van der Waals surface area contributed by atoms with E-state index in [0.717, 1.165) is 0 Å². The van der Waals surface area contributed by atoms with Gasteiger partial charge in [0.2, 0.25) is 0 Å². The molecule has 0 aliphatic heterocycles. The van der Waals surface area contributed by atoms with Crippen LogP contribution in [0.15, 0.2) is 0 Å². The Bertz CT molecular complexity index is 221. The minimum atomic E-state index is -1.02. The number of carbonyl (C=O) groups is 2. The van der Waals surface area contributed by atoms with Gasteiger partial charge >= 0.3 is 12.0 Å². The maximum Gasteiger partial charge on any atom is 0.326 e. The maximum atomic E-state index is 11.2. The normalized spacial score (nSPS) is 11.9. The van der Waals surface area contributed by atoms with Crippen LogP contribution in [0.3, 0.4) is 0 Å². The zero-order valence-electron chi connectivity index (χ0n) is 9.78. The number of hydrogen-bond acceptors (Lipinski definition) is 3. The van der Waals surface area contributed by atoms with E-state index in [1.807, 2.05) is 6.92 Å². The van der Waals surface area contributed by atoms with Crippen LogP contribution < -0.4 is 10.6 Å². The van der Waals surface area contributed by atoms with Gasteiger partial charge in [0.05, 0.1) is 0 Å². The first-order valence-electron chi connectivity index (χ1n) is 5.46. The zero-order valence-corrected chi connectivity index (χ0v) is 9.78. The Hall–Kier alpha value is -1.30. The Morgan fingerprint density at radius 2 is 2.06 bits per heavy atom.